The summed E-state index contributed by atoms with van der Waals surface area (Å²) in [5.41, 5.74) is 2.89. The Morgan fingerprint density at radius 2 is 2.06 bits per heavy atom. The zero-order valence-electron chi connectivity index (χ0n) is 11.9. The molecule has 2 nitrogen and oxygen atoms in total. The van der Waals surface area contributed by atoms with Crippen LogP contribution in [0, 0.1) is 12.8 Å². The molecule has 0 bridgehead atoms. The van der Waals surface area contributed by atoms with Gasteiger partial charge < -0.3 is 5.32 Å². The molecule has 0 aliphatic carbocycles. The van der Waals surface area contributed by atoms with Crippen LogP contribution < -0.4 is 5.32 Å². The third-order valence-electron chi connectivity index (χ3n) is 3.88. The summed E-state index contributed by atoms with van der Waals surface area (Å²) in [6.07, 6.45) is 1.32. The van der Waals surface area contributed by atoms with Crippen LogP contribution in [-0.2, 0) is 6.54 Å². The van der Waals surface area contributed by atoms with Gasteiger partial charge >= 0.3 is 0 Å². The van der Waals surface area contributed by atoms with Crippen molar-refractivity contribution in [3.63, 3.8) is 0 Å². The second-order valence-corrected chi connectivity index (χ2v) is 5.72. The van der Waals surface area contributed by atoms with Crippen LogP contribution in [0.4, 0.5) is 0 Å². The predicted octanol–water partition coefficient (Wildman–Crippen LogP) is 2.81. The van der Waals surface area contributed by atoms with Gasteiger partial charge in [-0.1, -0.05) is 38.1 Å². The second-order valence-electron chi connectivity index (χ2n) is 5.72. The third kappa shape index (κ3) is 3.56. The van der Waals surface area contributed by atoms with E-state index in [4.69, 9.17) is 0 Å². The number of hydrogen-bond acceptors (Lipinski definition) is 2. The van der Waals surface area contributed by atoms with Gasteiger partial charge in [0.1, 0.15) is 0 Å². The van der Waals surface area contributed by atoms with Crippen LogP contribution in [0.15, 0.2) is 24.3 Å². The molecule has 2 heteroatoms. The number of likely N-dealkylation sites (tertiary alicyclic amines) is 1. The van der Waals surface area contributed by atoms with Gasteiger partial charge in [0.05, 0.1) is 0 Å². The lowest BCUT2D eigenvalue weighted by molar-refractivity contribution is 0.143. The van der Waals surface area contributed by atoms with Gasteiger partial charge in [-0.15, -0.1) is 0 Å². The molecule has 0 saturated carbocycles. The van der Waals surface area contributed by atoms with Crippen LogP contribution in [0.5, 0.6) is 0 Å². The zero-order chi connectivity index (χ0) is 13.0. The minimum atomic E-state index is 0.669. The van der Waals surface area contributed by atoms with Crippen molar-refractivity contribution >= 4 is 0 Å². The Hall–Kier alpha value is -0.860. The standard InChI is InChI=1S/C16H26N2/c1-4-17-16-9-13(2)10-18(12-16)11-15-8-6-5-7-14(15)3/h5-8,13,16-17H,4,9-12H2,1-3H3. The summed E-state index contributed by atoms with van der Waals surface area (Å²) in [5.74, 6) is 0.798. The van der Waals surface area contributed by atoms with Gasteiger partial charge in [-0.25, -0.2) is 0 Å². The Labute approximate surface area is 111 Å². The maximum Gasteiger partial charge on any atom is 0.0237 e. The first-order valence-electron chi connectivity index (χ1n) is 7.19. The maximum absolute atomic E-state index is 3.60. The molecule has 1 aliphatic rings. The molecule has 1 heterocycles. The largest absolute Gasteiger partial charge is 0.313 e. The van der Waals surface area contributed by atoms with E-state index in [0.717, 1.165) is 19.0 Å². The molecular formula is C16H26N2. The Balaban J connectivity index is 1.98. The molecular weight excluding hydrogens is 220 g/mol. The van der Waals surface area contributed by atoms with Crippen LogP contribution in [0.3, 0.4) is 0 Å². The summed E-state index contributed by atoms with van der Waals surface area (Å²) in [4.78, 5) is 2.60. The van der Waals surface area contributed by atoms with Crippen LogP contribution in [0.2, 0.25) is 0 Å². The molecule has 0 radical (unpaired) electrons. The SMILES string of the molecule is CCNC1CC(C)CN(Cc2ccccc2C)C1. The van der Waals surface area contributed by atoms with Crippen molar-refractivity contribution in [2.24, 2.45) is 5.92 Å². The van der Waals surface area contributed by atoms with Crippen LogP contribution in [0.1, 0.15) is 31.4 Å². The molecule has 2 unspecified atom stereocenters. The summed E-state index contributed by atoms with van der Waals surface area (Å²) >= 11 is 0. The normalized spacial score (nSPS) is 25.3. The summed E-state index contributed by atoms with van der Waals surface area (Å²) in [6, 6.07) is 9.42. The smallest absolute Gasteiger partial charge is 0.0237 e. The van der Waals surface area contributed by atoms with E-state index in [1.54, 1.807) is 0 Å². The number of hydrogen-bond donors (Lipinski definition) is 1. The highest BCUT2D eigenvalue weighted by molar-refractivity contribution is 5.25. The van der Waals surface area contributed by atoms with Gasteiger partial charge in [0, 0.05) is 25.7 Å². The van der Waals surface area contributed by atoms with Crippen LogP contribution >= 0.6 is 0 Å². The molecule has 1 N–H and O–H groups in total. The monoisotopic (exact) mass is 246 g/mol. The quantitative estimate of drug-likeness (QED) is 0.879. The number of nitrogens with zero attached hydrogens (tertiary/aromatic N) is 1. The van der Waals surface area contributed by atoms with Crippen molar-refractivity contribution in [3.05, 3.63) is 35.4 Å². The number of aryl methyl sites for hydroxylation is 1. The van der Waals surface area contributed by atoms with Gasteiger partial charge in [0.15, 0.2) is 0 Å². The lowest BCUT2D eigenvalue weighted by Crippen LogP contribution is -2.48. The van der Waals surface area contributed by atoms with Gasteiger partial charge in [-0.2, -0.15) is 0 Å². The summed E-state index contributed by atoms with van der Waals surface area (Å²) in [5, 5.41) is 3.60. The van der Waals surface area contributed by atoms with Crippen molar-refractivity contribution < 1.29 is 0 Å². The molecule has 100 valence electrons. The van der Waals surface area contributed by atoms with Gasteiger partial charge in [0.25, 0.3) is 0 Å². The molecule has 0 amide bonds. The highest BCUT2D eigenvalue weighted by Gasteiger charge is 2.24. The third-order valence-corrected chi connectivity index (χ3v) is 3.88. The van der Waals surface area contributed by atoms with Crippen LogP contribution in [-0.4, -0.2) is 30.6 Å². The van der Waals surface area contributed by atoms with E-state index >= 15 is 0 Å². The Morgan fingerprint density at radius 3 is 2.78 bits per heavy atom. The van der Waals surface area contributed by atoms with Crippen LogP contribution in [0.25, 0.3) is 0 Å². The van der Waals surface area contributed by atoms with Gasteiger partial charge in [-0.05, 0) is 36.9 Å². The fourth-order valence-corrected chi connectivity index (χ4v) is 3.06. The minimum absolute atomic E-state index is 0.669. The number of piperidine rings is 1. The molecule has 1 aromatic rings. The van der Waals surface area contributed by atoms with E-state index in [0.29, 0.717) is 6.04 Å². The van der Waals surface area contributed by atoms with Gasteiger partial charge in [0.2, 0.25) is 0 Å². The van der Waals surface area contributed by atoms with Crippen molar-refractivity contribution in [1.29, 1.82) is 0 Å². The second kappa shape index (κ2) is 6.35. The molecule has 18 heavy (non-hydrogen) atoms. The average Bonchev–Trinajstić information content (AvgIpc) is 2.32. The number of likely N-dealkylation sites (N-methyl/N-ethyl adjacent to an activating group) is 1. The molecule has 2 rings (SSSR count). The molecule has 1 fully saturated rings. The topological polar surface area (TPSA) is 15.3 Å². The molecule has 1 aromatic carbocycles. The van der Waals surface area contributed by atoms with Crippen molar-refractivity contribution in [2.75, 3.05) is 19.6 Å². The summed E-state index contributed by atoms with van der Waals surface area (Å²) < 4.78 is 0. The van der Waals surface area contributed by atoms with Gasteiger partial charge in [-0.3, -0.25) is 4.90 Å². The fraction of sp³-hybridized carbons (Fsp3) is 0.625. The Bertz CT molecular complexity index is 375. The zero-order valence-corrected chi connectivity index (χ0v) is 11.9. The first-order valence-corrected chi connectivity index (χ1v) is 7.19. The Morgan fingerprint density at radius 1 is 1.28 bits per heavy atom. The molecule has 1 saturated heterocycles. The lowest BCUT2D eigenvalue weighted by Gasteiger charge is -2.37. The molecule has 2 atom stereocenters. The lowest BCUT2D eigenvalue weighted by atomic mass is 9.95. The van der Waals surface area contributed by atoms with E-state index in [9.17, 15) is 0 Å². The fourth-order valence-electron chi connectivity index (χ4n) is 3.06. The molecule has 1 aliphatic heterocycles. The maximum atomic E-state index is 3.60. The highest BCUT2D eigenvalue weighted by atomic mass is 15.2. The van der Waals surface area contributed by atoms with E-state index in [1.165, 1.54) is 30.6 Å². The minimum Gasteiger partial charge on any atom is -0.313 e. The van der Waals surface area contributed by atoms with E-state index in [1.807, 2.05) is 0 Å². The molecule has 0 spiro atoms. The van der Waals surface area contributed by atoms with E-state index in [-0.39, 0.29) is 0 Å². The molecule has 0 aromatic heterocycles. The summed E-state index contributed by atoms with van der Waals surface area (Å²) in [6.45, 7) is 11.4. The first kappa shape index (κ1) is 13.6. The number of rotatable bonds is 4. The van der Waals surface area contributed by atoms with Crippen molar-refractivity contribution in [3.8, 4) is 0 Å². The van der Waals surface area contributed by atoms with E-state index in [2.05, 4.69) is 55.3 Å². The predicted molar refractivity (Wildman–Crippen MR) is 77.7 cm³/mol. The van der Waals surface area contributed by atoms with Crippen molar-refractivity contribution in [2.45, 2.75) is 39.8 Å². The summed E-state index contributed by atoms with van der Waals surface area (Å²) in [7, 11) is 0. The Kier molecular flexibility index (Phi) is 4.79. The number of nitrogens with one attached hydrogen (secondary N) is 1. The highest BCUT2D eigenvalue weighted by Crippen LogP contribution is 2.19. The first-order chi connectivity index (χ1) is 8.69. The number of benzene rings is 1. The average molecular weight is 246 g/mol. The van der Waals surface area contributed by atoms with E-state index < -0.39 is 0 Å². The van der Waals surface area contributed by atoms with Crippen molar-refractivity contribution in [1.82, 2.24) is 10.2 Å².